The van der Waals surface area contributed by atoms with E-state index in [0.29, 0.717) is 32.9 Å². The summed E-state index contributed by atoms with van der Waals surface area (Å²) in [6.07, 6.45) is 1.58. The molecule has 2 aromatic carbocycles. The average Bonchev–Trinajstić information content (AvgIpc) is 2.93. The lowest BCUT2D eigenvalue weighted by atomic mass is 10.2. The molecular formula is C19H15ClN2O4S. The van der Waals surface area contributed by atoms with Gasteiger partial charge in [0.15, 0.2) is 5.17 Å². The minimum atomic E-state index is -1.01. The van der Waals surface area contributed by atoms with Crippen LogP contribution in [0.25, 0.3) is 6.08 Å². The van der Waals surface area contributed by atoms with E-state index >= 15 is 0 Å². The fourth-order valence-electron chi connectivity index (χ4n) is 2.44. The zero-order valence-corrected chi connectivity index (χ0v) is 15.8. The molecule has 1 fully saturated rings. The summed E-state index contributed by atoms with van der Waals surface area (Å²) in [6, 6.07) is 10.7. The molecule has 138 valence electrons. The third kappa shape index (κ3) is 4.15. The standard InChI is InChI=1S/C19H15ClN2O4S/c1-2-22-17(24)16(10-12-9-13(20)5-8-15(12)23)27-19(22)21-14-6-3-11(4-7-14)18(25)26/h3-10,23H,2H2,1H3,(H,25,26)/b16-10-,21-19?. The second-order valence-electron chi connectivity index (χ2n) is 5.61. The lowest BCUT2D eigenvalue weighted by Gasteiger charge is -2.12. The zero-order valence-electron chi connectivity index (χ0n) is 14.2. The Balaban J connectivity index is 1.93. The van der Waals surface area contributed by atoms with Crippen LogP contribution in [-0.2, 0) is 4.79 Å². The first kappa shape index (κ1) is 19.0. The normalized spacial score (nSPS) is 17.1. The van der Waals surface area contributed by atoms with Crippen molar-refractivity contribution in [3.63, 3.8) is 0 Å². The molecule has 0 atom stereocenters. The van der Waals surface area contributed by atoms with Gasteiger partial charge in [0.25, 0.3) is 5.91 Å². The third-order valence-corrected chi connectivity index (χ3v) is 5.06. The third-order valence-electron chi connectivity index (χ3n) is 3.82. The number of phenols is 1. The summed E-state index contributed by atoms with van der Waals surface area (Å²) < 4.78 is 0. The van der Waals surface area contributed by atoms with Crippen LogP contribution in [0, 0.1) is 0 Å². The lowest BCUT2D eigenvalue weighted by molar-refractivity contribution is -0.122. The zero-order chi connectivity index (χ0) is 19.6. The molecule has 27 heavy (non-hydrogen) atoms. The molecule has 3 rings (SSSR count). The molecule has 1 saturated heterocycles. The summed E-state index contributed by atoms with van der Waals surface area (Å²) in [7, 11) is 0. The van der Waals surface area contributed by atoms with Crippen LogP contribution in [0.3, 0.4) is 0 Å². The van der Waals surface area contributed by atoms with Crippen molar-refractivity contribution >= 4 is 52.2 Å². The highest BCUT2D eigenvalue weighted by atomic mass is 35.5. The minimum Gasteiger partial charge on any atom is -0.507 e. The number of aromatic carboxylic acids is 1. The first-order valence-electron chi connectivity index (χ1n) is 8.01. The predicted molar refractivity (Wildman–Crippen MR) is 107 cm³/mol. The Morgan fingerprint density at radius 2 is 1.96 bits per heavy atom. The molecule has 0 unspecified atom stereocenters. The molecule has 1 aliphatic heterocycles. The molecule has 8 heteroatoms. The van der Waals surface area contributed by atoms with E-state index in [1.807, 2.05) is 6.92 Å². The monoisotopic (exact) mass is 402 g/mol. The molecule has 0 spiro atoms. The number of aromatic hydroxyl groups is 1. The highest BCUT2D eigenvalue weighted by Gasteiger charge is 2.32. The van der Waals surface area contributed by atoms with Crippen molar-refractivity contribution in [2.75, 3.05) is 6.54 Å². The molecule has 2 aromatic rings. The van der Waals surface area contributed by atoms with Gasteiger partial charge in [0, 0.05) is 17.1 Å². The van der Waals surface area contributed by atoms with E-state index in [1.54, 1.807) is 30.3 Å². The van der Waals surface area contributed by atoms with Crippen molar-refractivity contribution in [1.82, 2.24) is 4.90 Å². The van der Waals surface area contributed by atoms with Gasteiger partial charge in [0.1, 0.15) is 5.75 Å². The van der Waals surface area contributed by atoms with E-state index < -0.39 is 5.97 Å². The van der Waals surface area contributed by atoms with Crippen LogP contribution < -0.4 is 0 Å². The number of amidine groups is 1. The smallest absolute Gasteiger partial charge is 0.335 e. The van der Waals surface area contributed by atoms with Gasteiger partial charge >= 0.3 is 5.97 Å². The highest BCUT2D eigenvalue weighted by Crippen LogP contribution is 2.35. The molecule has 0 radical (unpaired) electrons. The Labute approximate surface area is 164 Å². The first-order valence-corrected chi connectivity index (χ1v) is 9.20. The van der Waals surface area contributed by atoms with Crippen molar-refractivity contribution in [2.24, 2.45) is 4.99 Å². The van der Waals surface area contributed by atoms with Gasteiger partial charge in [-0.25, -0.2) is 9.79 Å². The maximum Gasteiger partial charge on any atom is 0.335 e. The summed E-state index contributed by atoms with van der Waals surface area (Å²) in [5.41, 5.74) is 1.15. The maximum absolute atomic E-state index is 12.6. The van der Waals surface area contributed by atoms with Gasteiger partial charge in [-0.2, -0.15) is 0 Å². The van der Waals surface area contributed by atoms with Gasteiger partial charge in [0.2, 0.25) is 0 Å². The van der Waals surface area contributed by atoms with E-state index in [1.165, 1.54) is 34.9 Å². The number of hydrogen-bond acceptors (Lipinski definition) is 5. The summed E-state index contributed by atoms with van der Waals surface area (Å²) in [5, 5.41) is 19.9. The quantitative estimate of drug-likeness (QED) is 0.741. The number of carbonyl (C=O) groups is 2. The average molecular weight is 403 g/mol. The number of likely N-dealkylation sites (N-methyl/N-ethyl adjacent to an activating group) is 1. The summed E-state index contributed by atoms with van der Waals surface area (Å²) >= 11 is 7.14. The Morgan fingerprint density at radius 3 is 2.59 bits per heavy atom. The summed E-state index contributed by atoms with van der Waals surface area (Å²) in [5.74, 6) is -1.21. The number of rotatable bonds is 4. The van der Waals surface area contributed by atoms with Crippen LogP contribution in [0.2, 0.25) is 5.02 Å². The number of halogens is 1. The highest BCUT2D eigenvalue weighted by molar-refractivity contribution is 8.18. The van der Waals surface area contributed by atoms with Gasteiger partial charge in [-0.1, -0.05) is 11.6 Å². The molecule has 0 aliphatic carbocycles. The fraction of sp³-hybridized carbons (Fsp3) is 0.105. The number of benzene rings is 2. The Morgan fingerprint density at radius 1 is 1.26 bits per heavy atom. The molecule has 1 amide bonds. The van der Waals surface area contributed by atoms with Gasteiger partial charge in [-0.3, -0.25) is 9.69 Å². The number of thioether (sulfide) groups is 1. The van der Waals surface area contributed by atoms with Gasteiger partial charge < -0.3 is 10.2 Å². The number of carboxylic acids is 1. The van der Waals surface area contributed by atoms with Crippen molar-refractivity contribution in [3.8, 4) is 5.75 Å². The van der Waals surface area contributed by atoms with Crippen LogP contribution in [0.4, 0.5) is 5.69 Å². The molecule has 1 heterocycles. The second kappa shape index (κ2) is 7.85. The van der Waals surface area contributed by atoms with Crippen LogP contribution in [0.1, 0.15) is 22.8 Å². The number of phenolic OH excluding ortho intramolecular Hbond substituents is 1. The SMILES string of the molecule is CCN1C(=O)/C(=C/c2cc(Cl)ccc2O)SC1=Nc1ccc(C(=O)O)cc1. The van der Waals surface area contributed by atoms with Crippen LogP contribution in [-0.4, -0.2) is 38.7 Å². The van der Waals surface area contributed by atoms with Gasteiger partial charge in [0.05, 0.1) is 16.2 Å². The molecule has 0 bridgehead atoms. The van der Waals surface area contributed by atoms with E-state index in [4.69, 9.17) is 16.7 Å². The number of nitrogens with zero attached hydrogens (tertiary/aromatic N) is 2. The maximum atomic E-state index is 12.6. The Kier molecular flexibility index (Phi) is 5.53. The molecule has 2 N–H and O–H groups in total. The fourth-order valence-corrected chi connectivity index (χ4v) is 3.68. The second-order valence-corrected chi connectivity index (χ2v) is 7.06. The predicted octanol–water partition coefficient (Wildman–Crippen LogP) is 4.37. The molecule has 6 nitrogen and oxygen atoms in total. The van der Waals surface area contributed by atoms with Crippen LogP contribution in [0.15, 0.2) is 52.4 Å². The van der Waals surface area contributed by atoms with Crippen LogP contribution in [0.5, 0.6) is 5.75 Å². The van der Waals surface area contributed by atoms with E-state index in [2.05, 4.69) is 4.99 Å². The number of carboxylic acid groups (broad SMARTS) is 1. The van der Waals surface area contributed by atoms with Crippen molar-refractivity contribution in [3.05, 3.63) is 63.5 Å². The number of amides is 1. The van der Waals surface area contributed by atoms with Gasteiger partial charge in [-0.15, -0.1) is 0 Å². The Hall–Kier alpha value is -2.77. The summed E-state index contributed by atoms with van der Waals surface area (Å²) in [4.78, 5) is 30.0. The van der Waals surface area contributed by atoms with E-state index in [-0.39, 0.29) is 17.2 Å². The van der Waals surface area contributed by atoms with E-state index in [9.17, 15) is 14.7 Å². The van der Waals surface area contributed by atoms with Crippen LogP contribution >= 0.6 is 23.4 Å². The first-order chi connectivity index (χ1) is 12.9. The number of aliphatic imine (C=N–C) groups is 1. The van der Waals surface area contributed by atoms with Crippen molar-refractivity contribution < 1.29 is 19.8 Å². The minimum absolute atomic E-state index is 0.0259. The molecule has 0 aromatic heterocycles. The molecule has 0 saturated carbocycles. The van der Waals surface area contributed by atoms with Crippen molar-refractivity contribution in [1.29, 1.82) is 0 Å². The summed E-state index contributed by atoms with van der Waals surface area (Å²) in [6.45, 7) is 2.26. The van der Waals surface area contributed by atoms with E-state index in [0.717, 1.165) is 0 Å². The van der Waals surface area contributed by atoms with Crippen molar-refractivity contribution in [2.45, 2.75) is 6.92 Å². The Bertz CT molecular complexity index is 970. The molecule has 1 aliphatic rings. The lowest BCUT2D eigenvalue weighted by Crippen LogP contribution is -2.28. The topological polar surface area (TPSA) is 90.2 Å². The van der Waals surface area contributed by atoms with Gasteiger partial charge in [-0.05, 0) is 67.2 Å². The number of hydrogen-bond donors (Lipinski definition) is 2. The largest absolute Gasteiger partial charge is 0.507 e. The number of carbonyl (C=O) groups excluding carboxylic acids is 1. The molecular weight excluding hydrogens is 388 g/mol.